The van der Waals surface area contributed by atoms with Crippen molar-refractivity contribution in [2.45, 2.75) is 97.0 Å². The molecule has 0 unspecified atom stereocenters. The zero-order valence-corrected chi connectivity index (χ0v) is 20.2. The summed E-state index contributed by atoms with van der Waals surface area (Å²) in [5, 5.41) is 3.58. The van der Waals surface area contributed by atoms with Crippen LogP contribution in [-0.4, -0.2) is 40.2 Å². The molecule has 0 radical (unpaired) electrons. The Morgan fingerprint density at radius 1 is 1.10 bits per heavy atom. The van der Waals surface area contributed by atoms with Crippen molar-refractivity contribution < 1.29 is 4.79 Å². The number of rotatable bonds is 8. The Morgan fingerprint density at radius 2 is 1.72 bits per heavy atom. The van der Waals surface area contributed by atoms with Gasteiger partial charge in [0, 0.05) is 40.7 Å². The van der Waals surface area contributed by atoms with Crippen molar-refractivity contribution >= 4 is 23.5 Å². The Balaban J connectivity index is 1.85. The standard InChI is InChI=1S/C24H41N3OS/c1-17(2)27(18(3)4)23(28)20-9-8-10-22(15-20)25-16-19-11-13-21(14-12-19)26-29-24(5,6)7/h8-10,15,17-19,21,25-26H,11-14,16H2,1-7H3/t19-,21-. The van der Waals surface area contributed by atoms with E-state index >= 15 is 0 Å². The van der Waals surface area contributed by atoms with Gasteiger partial charge in [-0.1, -0.05) is 18.0 Å². The van der Waals surface area contributed by atoms with Gasteiger partial charge < -0.3 is 10.2 Å². The van der Waals surface area contributed by atoms with Gasteiger partial charge in [0.1, 0.15) is 0 Å². The van der Waals surface area contributed by atoms with Crippen molar-refractivity contribution in [3.05, 3.63) is 29.8 Å². The van der Waals surface area contributed by atoms with Crippen LogP contribution >= 0.6 is 11.9 Å². The fraction of sp³-hybridized carbons (Fsp3) is 0.708. The summed E-state index contributed by atoms with van der Waals surface area (Å²) in [5.41, 5.74) is 1.82. The SMILES string of the molecule is CC(C)N(C(=O)c1cccc(NC[C@H]2CC[C@H](NSC(C)(C)C)CC2)c1)C(C)C. The molecule has 4 nitrogen and oxygen atoms in total. The molecule has 1 fully saturated rings. The van der Waals surface area contributed by atoms with Gasteiger partial charge in [0.15, 0.2) is 0 Å². The van der Waals surface area contributed by atoms with Gasteiger partial charge in [-0.25, -0.2) is 0 Å². The minimum Gasteiger partial charge on any atom is -0.385 e. The van der Waals surface area contributed by atoms with Crippen molar-refractivity contribution in [3.63, 3.8) is 0 Å². The van der Waals surface area contributed by atoms with Gasteiger partial charge in [-0.2, -0.15) is 0 Å². The summed E-state index contributed by atoms with van der Waals surface area (Å²) >= 11 is 1.86. The highest BCUT2D eigenvalue weighted by Gasteiger charge is 2.24. The third-order valence-corrected chi connectivity index (χ3v) is 6.49. The minimum absolute atomic E-state index is 0.113. The van der Waals surface area contributed by atoms with Crippen LogP contribution in [0.15, 0.2) is 24.3 Å². The second-order valence-electron chi connectivity index (χ2n) is 9.91. The van der Waals surface area contributed by atoms with Gasteiger partial charge in [-0.15, -0.1) is 0 Å². The van der Waals surface area contributed by atoms with E-state index < -0.39 is 0 Å². The molecule has 1 saturated carbocycles. The van der Waals surface area contributed by atoms with Crippen molar-refractivity contribution in [1.82, 2.24) is 9.62 Å². The van der Waals surface area contributed by atoms with Crippen molar-refractivity contribution in [3.8, 4) is 0 Å². The molecule has 0 bridgehead atoms. The van der Waals surface area contributed by atoms with Gasteiger partial charge in [0.2, 0.25) is 0 Å². The van der Waals surface area contributed by atoms with Crippen molar-refractivity contribution in [2.75, 3.05) is 11.9 Å². The van der Waals surface area contributed by atoms with E-state index in [-0.39, 0.29) is 22.7 Å². The predicted octanol–water partition coefficient (Wildman–Crippen LogP) is 5.95. The molecule has 5 heteroatoms. The van der Waals surface area contributed by atoms with E-state index in [9.17, 15) is 4.79 Å². The van der Waals surface area contributed by atoms with Crippen LogP contribution in [0.4, 0.5) is 5.69 Å². The quantitative estimate of drug-likeness (QED) is 0.511. The molecule has 0 aliphatic heterocycles. The molecule has 1 aliphatic rings. The van der Waals surface area contributed by atoms with Gasteiger partial charge >= 0.3 is 0 Å². The smallest absolute Gasteiger partial charge is 0.254 e. The first kappa shape index (κ1) is 24.1. The van der Waals surface area contributed by atoms with Gasteiger partial charge in [-0.3, -0.25) is 9.52 Å². The highest BCUT2D eigenvalue weighted by atomic mass is 32.2. The molecule has 164 valence electrons. The van der Waals surface area contributed by atoms with E-state index in [0.717, 1.165) is 17.8 Å². The highest BCUT2D eigenvalue weighted by molar-refractivity contribution is 7.98. The molecule has 1 aromatic carbocycles. The Bertz CT molecular complexity index is 638. The van der Waals surface area contributed by atoms with Gasteiger partial charge in [-0.05, 0) is 98.3 Å². The molecule has 2 rings (SSSR count). The molecule has 0 atom stereocenters. The Kier molecular flexibility index (Phi) is 8.90. The van der Waals surface area contributed by atoms with Crippen LogP contribution in [0.5, 0.6) is 0 Å². The number of benzene rings is 1. The summed E-state index contributed by atoms with van der Waals surface area (Å²) in [6, 6.07) is 9.01. The fourth-order valence-electron chi connectivity index (χ4n) is 3.98. The number of nitrogens with zero attached hydrogens (tertiary/aromatic N) is 1. The number of nitrogens with one attached hydrogen (secondary N) is 2. The van der Waals surface area contributed by atoms with Gasteiger partial charge in [0.05, 0.1) is 0 Å². The van der Waals surface area contributed by atoms with E-state index in [1.807, 2.05) is 35.0 Å². The molecule has 29 heavy (non-hydrogen) atoms. The van der Waals surface area contributed by atoms with E-state index in [0.29, 0.717) is 12.0 Å². The normalized spacial score (nSPS) is 20.2. The maximum absolute atomic E-state index is 12.9. The lowest BCUT2D eigenvalue weighted by Gasteiger charge is -2.31. The maximum Gasteiger partial charge on any atom is 0.254 e. The van der Waals surface area contributed by atoms with Crippen LogP contribution in [0.25, 0.3) is 0 Å². The summed E-state index contributed by atoms with van der Waals surface area (Å²) < 4.78 is 3.92. The number of hydrogen-bond acceptors (Lipinski definition) is 4. The molecule has 0 spiro atoms. The van der Waals surface area contributed by atoms with Crippen molar-refractivity contribution in [1.29, 1.82) is 0 Å². The van der Waals surface area contributed by atoms with E-state index in [4.69, 9.17) is 0 Å². The number of carbonyl (C=O) groups is 1. The zero-order chi connectivity index (χ0) is 21.6. The molecule has 0 heterocycles. The first-order valence-corrected chi connectivity index (χ1v) is 12.0. The van der Waals surface area contributed by atoms with E-state index in [2.05, 4.69) is 64.6 Å². The maximum atomic E-state index is 12.9. The average Bonchev–Trinajstić information content (AvgIpc) is 2.64. The summed E-state index contributed by atoms with van der Waals surface area (Å²) in [6.07, 6.45) is 4.99. The Morgan fingerprint density at radius 3 is 2.28 bits per heavy atom. The van der Waals surface area contributed by atoms with Crippen LogP contribution in [0, 0.1) is 5.92 Å². The average molecular weight is 420 g/mol. The zero-order valence-electron chi connectivity index (χ0n) is 19.4. The van der Waals surface area contributed by atoms with Crippen LogP contribution in [-0.2, 0) is 0 Å². The third kappa shape index (κ3) is 7.86. The van der Waals surface area contributed by atoms with Gasteiger partial charge in [0.25, 0.3) is 5.91 Å². The molecule has 1 aliphatic carbocycles. The topological polar surface area (TPSA) is 44.4 Å². The van der Waals surface area contributed by atoms with E-state index in [1.54, 1.807) is 0 Å². The second kappa shape index (κ2) is 10.7. The minimum atomic E-state index is 0.113. The predicted molar refractivity (Wildman–Crippen MR) is 128 cm³/mol. The molecule has 0 aromatic heterocycles. The lowest BCUT2D eigenvalue weighted by Crippen LogP contribution is -2.42. The summed E-state index contributed by atoms with van der Waals surface area (Å²) in [7, 11) is 0. The molecule has 1 aromatic rings. The highest BCUT2D eigenvalue weighted by Crippen LogP contribution is 2.28. The molecule has 2 N–H and O–H groups in total. The lowest BCUT2D eigenvalue weighted by molar-refractivity contribution is 0.0644. The number of amides is 1. The largest absolute Gasteiger partial charge is 0.385 e. The number of hydrogen-bond donors (Lipinski definition) is 2. The van der Waals surface area contributed by atoms with Crippen LogP contribution in [0.1, 0.15) is 84.5 Å². The van der Waals surface area contributed by atoms with E-state index in [1.165, 1.54) is 25.7 Å². The fourth-order valence-corrected chi connectivity index (χ4v) is 4.74. The molecule has 0 saturated heterocycles. The van der Waals surface area contributed by atoms with Crippen LogP contribution in [0.2, 0.25) is 0 Å². The molecular weight excluding hydrogens is 378 g/mol. The lowest BCUT2D eigenvalue weighted by atomic mass is 9.86. The first-order chi connectivity index (χ1) is 13.6. The van der Waals surface area contributed by atoms with Crippen LogP contribution in [0.3, 0.4) is 0 Å². The summed E-state index contributed by atoms with van der Waals surface area (Å²) in [6.45, 7) is 16.0. The molecule has 1 amide bonds. The Labute approximate surface area is 182 Å². The third-order valence-electron chi connectivity index (χ3n) is 5.43. The summed E-state index contributed by atoms with van der Waals surface area (Å²) in [5.74, 6) is 0.816. The Hall–Kier alpha value is -1.20. The van der Waals surface area contributed by atoms with Crippen molar-refractivity contribution in [2.24, 2.45) is 5.92 Å². The first-order valence-electron chi connectivity index (χ1n) is 11.2. The monoisotopic (exact) mass is 419 g/mol. The number of anilines is 1. The summed E-state index contributed by atoms with van der Waals surface area (Å²) in [4.78, 5) is 14.9. The number of carbonyl (C=O) groups excluding carboxylic acids is 1. The molecular formula is C24H41N3OS. The second-order valence-corrected chi connectivity index (χ2v) is 11.6. The van der Waals surface area contributed by atoms with Crippen LogP contribution < -0.4 is 10.0 Å².